The van der Waals surface area contributed by atoms with Crippen molar-refractivity contribution in [2.45, 2.75) is 26.7 Å². The number of benzene rings is 3. The van der Waals surface area contributed by atoms with Gasteiger partial charge in [-0.05, 0) is 48.7 Å². The van der Waals surface area contributed by atoms with Crippen LogP contribution in [-0.4, -0.2) is 24.3 Å². The number of carbonyl (C=O) groups is 1. The zero-order valence-corrected chi connectivity index (χ0v) is 15.7. The molecule has 140 valence electrons. The average molecular weight is 364 g/mol. The Kier molecular flexibility index (Phi) is 5.97. The van der Waals surface area contributed by atoms with E-state index in [1.54, 1.807) is 0 Å². The lowest BCUT2D eigenvalue weighted by atomic mass is 10.00. The van der Waals surface area contributed by atoms with Crippen LogP contribution in [0.4, 0.5) is 0 Å². The Balaban J connectivity index is 1.70. The number of carboxylic acids is 1. The lowest BCUT2D eigenvalue weighted by Gasteiger charge is -2.15. The van der Waals surface area contributed by atoms with E-state index in [1.165, 1.54) is 5.56 Å². The molecule has 4 nitrogen and oxygen atoms in total. The third-order valence-corrected chi connectivity index (χ3v) is 4.52. The van der Waals surface area contributed by atoms with Crippen LogP contribution in [0, 0.1) is 13.8 Å². The van der Waals surface area contributed by atoms with Gasteiger partial charge in [-0.25, -0.2) is 0 Å². The minimum atomic E-state index is -0.813. The summed E-state index contributed by atoms with van der Waals surface area (Å²) in [5.41, 5.74) is 3.24. The molecule has 0 aliphatic heterocycles. The van der Waals surface area contributed by atoms with Gasteiger partial charge in [0.1, 0.15) is 24.7 Å². The quantitative estimate of drug-likeness (QED) is 0.576. The minimum absolute atomic E-state index is 0.0728. The van der Waals surface area contributed by atoms with Crippen LogP contribution < -0.4 is 9.47 Å². The van der Waals surface area contributed by atoms with E-state index in [4.69, 9.17) is 14.6 Å². The molecular weight excluding hydrogens is 340 g/mol. The maximum absolute atomic E-state index is 11.0. The summed E-state index contributed by atoms with van der Waals surface area (Å²) in [5.74, 6) is 0.764. The maximum Gasteiger partial charge on any atom is 0.303 e. The number of hydrogen-bond donors (Lipinski definition) is 1. The smallest absolute Gasteiger partial charge is 0.303 e. The molecule has 4 heteroatoms. The highest BCUT2D eigenvalue weighted by Gasteiger charge is 2.11. The molecule has 0 radical (unpaired) electrons. The summed E-state index contributed by atoms with van der Waals surface area (Å²) in [6.45, 7) is 4.90. The zero-order chi connectivity index (χ0) is 19.2. The van der Waals surface area contributed by atoms with E-state index < -0.39 is 5.97 Å². The van der Waals surface area contributed by atoms with Crippen molar-refractivity contribution in [3.8, 4) is 11.5 Å². The van der Waals surface area contributed by atoms with Crippen molar-refractivity contribution in [1.82, 2.24) is 0 Å². The third-order valence-electron chi connectivity index (χ3n) is 4.52. The molecule has 0 spiro atoms. The van der Waals surface area contributed by atoms with Crippen LogP contribution >= 0.6 is 0 Å². The lowest BCUT2D eigenvalue weighted by molar-refractivity contribution is -0.136. The predicted molar refractivity (Wildman–Crippen MR) is 107 cm³/mol. The molecule has 0 aromatic heterocycles. The van der Waals surface area contributed by atoms with Crippen molar-refractivity contribution in [3.63, 3.8) is 0 Å². The summed E-state index contributed by atoms with van der Waals surface area (Å²) >= 11 is 0. The summed E-state index contributed by atoms with van der Waals surface area (Å²) < 4.78 is 11.8. The van der Waals surface area contributed by atoms with Gasteiger partial charge in [-0.15, -0.1) is 0 Å². The molecular formula is C23H24O4. The zero-order valence-electron chi connectivity index (χ0n) is 15.7. The first kappa shape index (κ1) is 18.8. The van der Waals surface area contributed by atoms with E-state index in [2.05, 4.69) is 13.0 Å². The number of rotatable bonds is 8. The van der Waals surface area contributed by atoms with Gasteiger partial charge in [0.15, 0.2) is 0 Å². The van der Waals surface area contributed by atoms with Crippen molar-refractivity contribution in [3.05, 3.63) is 71.3 Å². The Hall–Kier alpha value is -3.01. The van der Waals surface area contributed by atoms with Crippen LogP contribution in [0.5, 0.6) is 11.5 Å². The summed E-state index contributed by atoms with van der Waals surface area (Å²) in [5, 5.41) is 11.2. The van der Waals surface area contributed by atoms with Gasteiger partial charge in [0.05, 0.1) is 0 Å². The fraction of sp³-hybridized carbons (Fsp3) is 0.261. The average Bonchev–Trinajstić information content (AvgIpc) is 2.65. The number of carboxylic acid groups (broad SMARTS) is 1. The molecule has 3 rings (SSSR count). The van der Waals surface area contributed by atoms with Gasteiger partial charge in [0.25, 0.3) is 0 Å². The molecule has 0 saturated heterocycles. The summed E-state index contributed by atoms with van der Waals surface area (Å²) in [4.78, 5) is 11.0. The lowest BCUT2D eigenvalue weighted by Crippen LogP contribution is -2.11. The standard InChI is InChI=1S/C23H24O4/c1-16-7-10-21(17(2)15-16)26-13-14-27-22-11-8-18-5-3-4-6-19(18)20(22)9-12-23(24)25/h3-8,10-11,15H,9,12-14H2,1-2H3,(H,24,25). The number of aryl methyl sites for hydroxylation is 3. The third kappa shape index (κ3) is 4.79. The Morgan fingerprint density at radius 1 is 0.926 bits per heavy atom. The highest BCUT2D eigenvalue weighted by molar-refractivity contribution is 5.88. The van der Waals surface area contributed by atoms with Crippen LogP contribution in [0.25, 0.3) is 10.8 Å². The number of hydrogen-bond acceptors (Lipinski definition) is 3. The van der Waals surface area contributed by atoms with E-state index in [1.807, 2.05) is 55.5 Å². The second kappa shape index (κ2) is 8.58. The van der Waals surface area contributed by atoms with Crippen LogP contribution in [-0.2, 0) is 11.2 Å². The molecule has 0 aliphatic carbocycles. The minimum Gasteiger partial charge on any atom is -0.490 e. The van der Waals surface area contributed by atoms with E-state index >= 15 is 0 Å². The first-order valence-corrected chi connectivity index (χ1v) is 9.10. The Morgan fingerprint density at radius 3 is 2.37 bits per heavy atom. The fourth-order valence-corrected chi connectivity index (χ4v) is 3.21. The highest BCUT2D eigenvalue weighted by atomic mass is 16.5. The van der Waals surface area contributed by atoms with Crippen molar-refractivity contribution >= 4 is 16.7 Å². The van der Waals surface area contributed by atoms with E-state index in [-0.39, 0.29) is 6.42 Å². The number of aliphatic carboxylic acids is 1. The second-order valence-electron chi connectivity index (χ2n) is 6.62. The Bertz CT molecular complexity index is 946. The van der Waals surface area contributed by atoms with Gasteiger partial charge in [-0.1, -0.05) is 48.0 Å². The molecule has 0 amide bonds. The van der Waals surface area contributed by atoms with Crippen molar-refractivity contribution in [2.24, 2.45) is 0 Å². The summed E-state index contributed by atoms with van der Waals surface area (Å²) in [7, 11) is 0. The summed E-state index contributed by atoms with van der Waals surface area (Å²) in [6.07, 6.45) is 0.507. The van der Waals surface area contributed by atoms with Crippen LogP contribution in [0.1, 0.15) is 23.1 Å². The van der Waals surface area contributed by atoms with E-state index in [9.17, 15) is 4.79 Å². The van der Waals surface area contributed by atoms with Crippen molar-refractivity contribution in [2.75, 3.05) is 13.2 Å². The predicted octanol–water partition coefficient (Wildman–Crippen LogP) is 4.93. The number of fused-ring (bicyclic) bond motifs is 1. The SMILES string of the molecule is Cc1ccc(OCCOc2ccc3ccccc3c2CCC(=O)O)c(C)c1. The van der Waals surface area contributed by atoms with Gasteiger partial charge < -0.3 is 14.6 Å². The van der Waals surface area contributed by atoms with Crippen LogP contribution in [0.15, 0.2) is 54.6 Å². The van der Waals surface area contributed by atoms with Gasteiger partial charge in [-0.3, -0.25) is 4.79 Å². The molecule has 0 unspecified atom stereocenters. The Morgan fingerprint density at radius 2 is 1.63 bits per heavy atom. The maximum atomic E-state index is 11.0. The highest BCUT2D eigenvalue weighted by Crippen LogP contribution is 2.29. The topological polar surface area (TPSA) is 55.8 Å². The molecule has 0 aliphatic rings. The summed E-state index contributed by atoms with van der Waals surface area (Å²) in [6, 6.07) is 18.0. The largest absolute Gasteiger partial charge is 0.490 e. The molecule has 0 atom stereocenters. The molecule has 0 fully saturated rings. The number of ether oxygens (including phenoxy) is 2. The van der Waals surface area contributed by atoms with Gasteiger partial charge >= 0.3 is 5.97 Å². The van der Waals surface area contributed by atoms with Crippen molar-refractivity contribution in [1.29, 1.82) is 0 Å². The fourth-order valence-electron chi connectivity index (χ4n) is 3.21. The monoisotopic (exact) mass is 364 g/mol. The van der Waals surface area contributed by atoms with Crippen LogP contribution in [0.2, 0.25) is 0 Å². The molecule has 27 heavy (non-hydrogen) atoms. The second-order valence-corrected chi connectivity index (χ2v) is 6.62. The first-order chi connectivity index (χ1) is 13.0. The van der Waals surface area contributed by atoms with E-state index in [0.29, 0.717) is 19.6 Å². The molecule has 3 aromatic carbocycles. The Labute approximate surface area is 159 Å². The molecule has 0 bridgehead atoms. The first-order valence-electron chi connectivity index (χ1n) is 9.10. The normalized spacial score (nSPS) is 10.7. The molecule has 0 heterocycles. The molecule has 3 aromatic rings. The molecule has 0 saturated carbocycles. The van der Waals surface area contributed by atoms with Crippen molar-refractivity contribution < 1.29 is 19.4 Å². The molecule has 1 N–H and O–H groups in total. The van der Waals surface area contributed by atoms with E-state index in [0.717, 1.165) is 33.4 Å². The van der Waals surface area contributed by atoms with Gasteiger partial charge in [0.2, 0.25) is 0 Å². The van der Waals surface area contributed by atoms with Gasteiger partial charge in [0, 0.05) is 12.0 Å². The van der Waals surface area contributed by atoms with Gasteiger partial charge in [-0.2, -0.15) is 0 Å². The van der Waals surface area contributed by atoms with Crippen LogP contribution in [0.3, 0.4) is 0 Å².